The first kappa shape index (κ1) is 19.1. The fraction of sp³-hybridized carbons (Fsp3) is 0.200. The number of furan rings is 1. The number of thioether (sulfide) groups is 1. The first-order valence-electron chi connectivity index (χ1n) is 9.27. The van der Waals surface area contributed by atoms with Crippen LogP contribution in [0.4, 0.5) is 0 Å². The Kier molecular flexibility index (Phi) is 4.93. The third kappa shape index (κ3) is 3.55. The van der Waals surface area contributed by atoms with E-state index >= 15 is 0 Å². The van der Waals surface area contributed by atoms with Crippen molar-refractivity contribution in [2.45, 2.75) is 0 Å². The zero-order valence-electron chi connectivity index (χ0n) is 15.7. The number of carbonyl (C=O) groups is 1. The van der Waals surface area contributed by atoms with Crippen molar-refractivity contribution in [2.24, 2.45) is 10.1 Å². The molecule has 1 amide bonds. The minimum absolute atomic E-state index is 0.0230. The number of rotatable bonds is 2. The number of hydrazone groups is 1. The number of hydrogen-bond acceptors (Lipinski definition) is 7. The Bertz CT molecular complexity index is 1120. The molecule has 1 saturated heterocycles. The van der Waals surface area contributed by atoms with Crippen LogP contribution in [0.1, 0.15) is 5.76 Å². The monoisotopic (exact) mass is 441 g/mol. The van der Waals surface area contributed by atoms with E-state index in [-0.39, 0.29) is 11.4 Å². The van der Waals surface area contributed by atoms with E-state index in [4.69, 9.17) is 26.2 Å². The summed E-state index contributed by atoms with van der Waals surface area (Å²) in [5.74, 6) is 0.588. The van der Waals surface area contributed by atoms with Crippen molar-refractivity contribution in [1.82, 2.24) is 9.91 Å². The summed E-state index contributed by atoms with van der Waals surface area (Å²) in [6, 6.07) is 10.8. The van der Waals surface area contributed by atoms with Crippen LogP contribution in [0.25, 0.3) is 17.4 Å². The molecule has 3 aliphatic rings. The molecular weight excluding hydrogens is 426 g/mol. The molecule has 0 unspecified atom stereocenters. The van der Waals surface area contributed by atoms with E-state index in [0.717, 1.165) is 23.8 Å². The molecule has 0 aliphatic carbocycles. The molecule has 1 N–H and O–H groups in total. The molecule has 152 valence electrons. The van der Waals surface area contributed by atoms with Crippen molar-refractivity contribution < 1.29 is 13.9 Å². The lowest BCUT2D eigenvalue weighted by molar-refractivity contribution is -0.114. The van der Waals surface area contributed by atoms with Gasteiger partial charge in [0.1, 0.15) is 11.5 Å². The van der Waals surface area contributed by atoms with Gasteiger partial charge in [-0.1, -0.05) is 11.6 Å². The molecule has 30 heavy (non-hydrogen) atoms. The summed E-state index contributed by atoms with van der Waals surface area (Å²) >= 11 is 7.22. The molecule has 1 aromatic heterocycles. The van der Waals surface area contributed by atoms with Gasteiger partial charge in [0.15, 0.2) is 11.0 Å². The van der Waals surface area contributed by atoms with E-state index in [1.807, 2.05) is 18.2 Å². The summed E-state index contributed by atoms with van der Waals surface area (Å²) < 4.78 is 11.2. The lowest BCUT2D eigenvalue weighted by Gasteiger charge is -2.26. The molecule has 0 saturated carbocycles. The van der Waals surface area contributed by atoms with Crippen molar-refractivity contribution in [3.05, 3.63) is 52.8 Å². The maximum atomic E-state index is 12.6. The Hall–Kier alpha value is -2.88. The standard InChI is InChI=1S/C20H16ClN5O3S/c21-13-3-1-12(2-4-13)16-6-5-14(29-16)11-15-17(22)26-19(23-18(15)27)30-20(24-26)25-7-9-28-10-8-25/h1-6,11,22H,7-10H2/b15-11-,22-17?. The number of nitrogens with one attached hydrogen (secondary N) is 1. The molecule has 5 rings (SSSR count). The van der Waals surface area contributed by atoms with Gasteiger partial charge >= 0.3 is 0 Å². The van der Waals surface area contributed by atoms with Gasteiger partial charge in [0, 0.05) is 23.7 Å². The zero-order chi connectivity index (χ0) is 20.7. The summed E-state index contributed by atoms with van der Waals surface area (Å²) in [6.07, 6.45) is 1.53. The number of hydrogen-bond donors (Lipinski definition) is 1. The van der Waals surface area contributed by atoms with Crippen molar-refractivity contribution in [3.8, 4) is 11.3 Å². The molecule has 10 heteroatoms. The van der Waals surface area contributed by atoms with Crippen LogP contribution in [0.3, 0.4) is 0 Å². The van der Waals surface area contributed by atoms with E-state index in [9.17, 15) is 4.79 Å². The van der Waals surface area contributed by atoms with Crippen LogP contribution in [-0.4, -0.2) is 58.3 Å². The second-order valence-corrected chi connectivity index (χ2v) is 8.08. The number of halogens is 1. The smallest absolute Gasteiger partial charge is 0.283 e. The topological polar surface area (TPSA) is 94.5 Å². The molecular formula is C20H16ClN5O3S. The quantitative estimate of drug-likeness (QED) is 0.716. The maximum absolute atomic E-state index is 12.6. The van der Waals surface area contributed by atoms with E-state index < -0.39 is 5.91 Å². The van der Waals surface area contributed by atoms with Gasteiger partial charge in [-0.25, -0.2) is 0 Å². The van der Waals surface area contributed by atoms with Gasteiger partial charge in [0.05, 0.1) is 18.8 Å². The minimum Gasteiger partial charge on any atom is -0.457 e. The largest absolute Gasteiger partial charge is 0.457 e. The number of morpholine rings is 1. The highest BCUT2D eigenvalue weighted by atomic mass is 35.5. The average molecular weight is 442 g/mol. The van der Waals surface area contributed by atoms with E-state index in [2.05, 4.69) is 15.0 Å². The summed E-state index contributed by atoms with van der Waals surface area (Å²) in [6.45, 7) is 2.69. The maximum Gasteiger partial charge on any atom is 0.283 e. The Morgan fingerprint density at radius 2 is 1.87 bits per heavy atom. The third-order valence-corrected chi connectivity index (χ3v) is 5.99. The van der Waals surface area contributed by atoms with Gasteiger partial charge in [-0.15, -0.1) is 5.10 Å². The number of carbonyl (C=O) groups excluding carboxylic acids is 1. The van der Waals surface area contributed by atoms with Crippen LogP contribution < -0.4 is 0 Å². The van der Waals surface area contributed by atoms with Crippen molar-refractivity contribution in [1.29, 1.82) is 5.41 Å². The number of benzene rings is 1. The van der Waals surface area contributed by atoms with E-state index in [1.54, 1.807) is 18.2 Å². The van der Waals surface area contributed by atoms with Gasteiger partial charge in [-0.3, -0.25) is 10.2 Å². The molecule has 4 heterocycles. The molecule has 0 radical (unpaired) electrons. The van der Waals surface area contributed by atoms with Crippen LogP contribution in [-0.2, 0) is 9.53 Å². The fourth-order valence-corrected chi connectivity index (χ4v) is 4.28. The first-order valence-corrected chi connectivity index (χ1v) is 10.5. The van der Waals surface area contributed by atoms with Crippen LogP contribution in [0.15, 0.2) is 56.5 Å². The highest BCUT2D eigenvalue weighted by molar-refractivity contribution is 8.26. The third-order valence-electron chi connectivity index (χ3n) is 4.77. The van der Waals surface area contributed by atoms with Crippen LogP contribution in [0, 0.1) is 5.41 Å². The van der Waals surface area contributed by atoms with E-state index in [1.165, 1.54) is 22.8 Å². The van der Waals surface area contributed by atoms with Gasteiger partial charge in [-0.2, -0.15) is 10.0 Å². The van der Waals surface area contributed by atoms with Gasteiger partial charge in [0.25, 0.3) is 5.91 Å². The Balaban J connectivity index is 1.40. The number of amides is 1. The predicted molar refractivity (Wildman–Crippen MR) is 117 cm³/mol. The van der Waals surface area contributed by atoms with E-state index in [0.29, 0.717) is 34.9 Å². The molecule has 1 fully saturated rings. The predicted octanol–water partition coefficient (Wildman–Crippen LogP) is 3.51. The molecule has 3 aliphatic heterocycles. The lowest BCUT2D eigenvalue weighted by atomic mass is 10.1. The normalized spacial score (nSPS) is 20.5. The second-order valence-electron chi connectivity index (χ2n) is 6.71. The number of fused-ring (bicyclic) bond motifs is 1. The molecule has 0 bridgehead atoms. The Labute approximate surface area is 181 Å². The second kappa shape index (κ2) is 7.75. The minimum atomic E-state index is -0.485. The molecule has 2 aromatic rings. The summed E-state index contributed by atoms with van der Waals surface area (Å²) in [5, 5.41) is 16.1. The molecule has 0 atom stereocenters. The van der Waals surface area contributed by atoms with Crippen LogP contribution >= 0.6 is 23.4 Å². The summed E-state index contributed by atoms with van der Waals surface area (Å²) in [5.41, 5.74) is 0.994. The first-order chi connectivity index (χ1) is 14.6. The highest BCUT2D eigenvalue weighted by Gasteiger charge is 2.37. The number of ether oxygens (including phenoxy) is 1. The molecule has 1 aromatic carbocycles. The fourth-order valence-electron chi connectivity index (χ4n) is 3.21. The van der Waals surface area contributed by atoms with Gasteiger partial charge in [0.2, 0.25) is 5.17 Å². The van der Waals surface area contributed by atoms with Crippen LogP contribution in [0.2, 0.25) is 5.02 Å². The van der Waals surface area contributed by atoms with Gasteiger partial charge < -0.3 is 14.1 Å². The Morgan fingerprint density at radius 1 is 1.10 bits per heavy atom. The number of amidine groups is 3. The summed E-state index contributed by atoms with van der Waals surface area (Å²) in [7, 11) is 0. The lowest BCUT2D eigenvalue weighted by Crippen LogP contribution is -2.39. The SMILES string of the molecule is N=C1/C(=C/c2ccc(-c3ccc(Cl)cc3)o2)C(=O)N=C2SC(N3CCOCC3)=NN12. The number of aliphatic imine (C=N–C) groups is 1. The average Bonchev–Trinajstić information content (AvgIpc) is 3.40. The Morgan fingerprint density at radius 3 is 2.63 bits per heavy atom. The zero-order valence-corrected chi connectivity index (χ0v) is 17.2. The highest BCUT2D eigenvalue weighted by Crippen LogP contribution is 2.31. The number of nitrogens with zero attached hydrogens (tertiary/aromatic N) is 4. The molecule has 0 spiro atoms. The van der Waals surface area contributed by atoms with Crippen LogP contribution in [0.5, 0.6) is 0 Å². The van der Waals surface area contributed by atoms with Crippen molar-refractivity contribution in [3.63, 3.8) is 0 Å². The summed E-state index contributed by atoms with van der Waals surface area (Å²) in [4.78, 5) is 18.8. The molecule has 8 nitrogen and oxygen atoms in total. The van der Waals surface area contributed by atoms with Crippen molar-refractivity contribution in [2.75, 3.05) is 26.3 Å². The van der Waals surface area contributed by atoms with Gasteiger partial charge in [-0.05, 0) is 54.2 Å². The van der Waals surface area contributed by atoms with Crippen molar-refractivity contribution >= 4 is 51.5 Å².